The van der Waals surface area contributed by atoms with Gasteiger partial charge in [-0.3, -0.25) is 0 Å². The van der Waals surface area contributed by atoms with Crippen LogP contribution < -0.4 is 0 Å². The topological polar surface area (TPSA) is 0 Å². The van der Waals surface area contributed by atoms with Crippen molar-refractivity contribution in [1.29, 1.82) is 0 Å². The van der Waals surface area contributed by atoms with Crippen LogP contribution in [0.4, 0.5) is 0 Å². The summed E-state index contributed by atoms with van der Waals surface area (Å²) in [4.78, 5) is 0. The molecule has 4 aromatic carbocycles. The Morgan fingerprint density at radius 3 is 1.78 bits per heavy atom. The van der Waals surface area contributed by atoms with Crippen LogP contribution in [0, 0.1) is 30.6 Å². The second-order valence-corrected chi connectivity index (χ2v) is 6.48. The smallest absolute Gasteiger partial charge is 0.0339 e. The van der Waals surface area contributed by atoms with Crippen molar-refractivity contribution in [3.05, 3.63) is 119 Å². The van der Waals surface area contributed by atoms with Crippen molar-refractivity contribution in [2.75, 3.05) is 0 Å². The SMILES string of the molecule is Cc1ccc2c(C#Cc3ccccc3)cc(C#Cc3ccccc3)cc2c1. The minimum absolute atomic E-state index is 0.981. The van der Waals surface area contributed by atoms with Gasteiger partial charge in [0.15, 0.2) is 0 Å². The molecule has 4 rings (SSSR count). The number of fused-ring (bicyclic) bond motifs is 1. The molecule has 126 valence electrons. The van der Waals surface area contributed by atoms with Crippen molar-refractivity contribution < 1.29 is 0 Å². The Morgan fingerprint density at radius 1 is 0.519 bits per heavy atom. The van der Waals surface area contributed by atoms with Gasteiger partial charge in [0.1, 0.15) is 0 Å². The van der Waals surface area contributed by atoms with Crippen molar-refractivity contribution in [1.82, 2.24) is 0 Å². The first kappa shape index (κ1) is 16.7. The highest BCUT2D eigenvalue weighted by molar-refractivity contribution is 5.90. The van der Waals surface area contributed by atoms with E-state index in [1.165, 1.54) is 10.9 Å². The molecular weight excluding hydrogens is 324 g/mol. The van der Waals surface area contributed by atoms with Crippen LogP contribution in [-0.4, -0.2) is 0 Å². The molecule has 0 saturated heterocycles. The second-order valence-electron chi connectivity index (χ2n) is 6.48. The predicted octanol–water partition coefficient (Wildman–Crippen LogP) is 5.95. The maximum Gasteiger partial charge on any atom is 0.0339 e. The second kappa shape index (κ2) is 7.65. The summed E-state index contributed by atoms with van der Waals surface area (Å²) < 4.78 is 0. The molecule has 0 bridgehead atoms. The Bertz CT molecular complexity index is 1210. The minimum Gasteiger partial charge on any atom is -0.0622 e. The summed E-state index contributed by atoms with van der Waals surface area (Å²) in [6.45, 7) is 2.11. The van der Waals surface area contributed by atoms with Gasteiger partial charge in [-0.15, -0.1) is 0 Å². The first-order valence-corrected chi connectivity index (χ1v) is 8.96. The lowest BCUT2D eigenvalue weighted by atomic mass is 9.99. The Balaban J connectivity index is 1.82. The summed E-state index contributed by atoms with van der Waals surface area (Å²) in [7, 11) is 0. The number of hydrogen-bond donors (Lipinski definition) is 0. The summed E-state index contributed by atoms with van der Waals surface area (Å²) in [6.07, 6.45) is 0. The van der Waals surface area contributed by atoms with Crippen LogP contribution in [0.25, 0.3) is 10.8 Å². The van der Waals surface area contributed by atoms with Crippen molar-refractivity contribution in [3.8, 4) is 23.7 Å². The third-order valence-corrected chi connectivity index (χ3v) is 4.35. The van der Waals surface area contributed by atoms with Crippen LogP contribution in [0.3, 0.4) is 0 Å². The standard InChI is InChI=1S/C27H18/c1-21-12-17-27-25(16-15-23-10-6-3-7-11-23)19-24(20-26(27)18-21)14-13-22-8-4-2-5-9-22/h2-12,17-20H,1H3. The third-order valence-electron chi connectivity index (χ3n) is 4.35. The van der Waals surface area contributed by atoms with E-state index in [1.54, 1.807) is 0 Å². The van der Waals surface area contributed by atoms with E-state index < -0.39 is 0 Å². The summed E-state index contributed by atoms with van der Waals surface area (Å²) in [6, 6.07) is 30.8. The van der Waals surface area contributed by atoms with Crippen molar-refractivity contribution in [2.45, 2.75) is 6.92 Å². The highest BCUT2D eigenvalue weighted by Gasteiger charge is 2.02. The van der Waals surface area contributed by atoms with Gasteiger partial charge >= 0.3 is 0 Å². The molecule has 0 nitrogen and oxygen atoms in total. The van der Waals surface area contributed by atoms with Crippen LogP contribution in [0.15, 0.2) is 91.0 Å². The van der Waals surface area contributed by atoms with Gasteiger partial charge in [-0.05, 0) is 54.1 Å². The van der Waals surface area contributed by atoms with Crippen LogP contribution in [0.5, 0.6) is 0 Å². The highest BCUT2D eigenvalue weighted by atomic mass is 14.0. The molecule has 0 aliphatic rings. The van der Waals surface area contributed by atoms with E-state index in [4.69, 9.17) is 0 Å². The van der Waals surface area contributed by atoms with E-state index >= 15 is 0 Å². The summed E-state index contributed by atoms with van der Waals surface area (Å²) in [5, 5.41) is 2.33. The lowest BCUT2D eigenvalue weighted by Crippen LogP contribution is -1.86. The fraction of sp³-hybridized carbons (Fsp3) is 0.0370. The van der Waals surface area contributed by atoms with Gasteiger partial charge in [0.2, 0.25) is 0 Å². The molecule has 0 radical (unpaired) electrons. The molecule has 0 saturated carbocycles. The van der Waals surface area contributed by atoms with Gasteiger partial charge in [-0.25, -0.2) is 0 Å². The predicted molar refractivity (Wildman–Crippen MR) is 114 cm³/mol. The van der Waals surface area contributed by atoms with E-state index in [0.29, 0.717) is 0 Å². The Kier molecular flexibility index (Phi) is 4.74. The maximum absolute atomic E-state index is 3.34. The molecule has 0 fully saturated rings. The molecule has 0 aromatic heterocycles. The van der Waals surface area contributed by atoms with Crippen LogP contribution in [0.1, 0.15) is 27.8 Å². The quantitative estimate of drug-likeness (QED) is 0.347. The summed E-state index contributed by atoms with van der Waals surface area (Å²) in [5.74, 6) is 13.2. The van der Waals surface area contributed by atoms with Crippen LogP contribution in [-0.2, 0) is 0 Å². The zero-order valence-electron chi connectivity index (χ0n) is 15.2. The first-order chi connectivity index (χ1) is 13.3. The van der Waals surface area contributed by atoms with Gasteiger partial charge in [0.25, 0.3) is 0 Å². The maximum atomic E-state index is 3.34. The average molecular weight is 342 g/mol. The van der Waals surface area contributed by atoms with Crippen LogP contribution >= 0.6 is 0 Å². The van der Waals surface area contributed by atoms with Gasteiger partial charge in [-0.2, -0.15) is 0 Å². The molecule has 0 unspecified atom stereocenters. The summed E-state index contributed by atoms with van der Waals surface area (Å²) >= 11 is 0. The molecule has 0 N–H and O–H groups in total. The Labute approximate surface area is 160 Å². The van der Waals surface area contributed by atoms with Crippen molar-refractivity contribution in [3.63, 3.8) is 0 Å². The summed E-state index contributed by atoms with van der Waals surface area (Å²) in [5.41, 5.74) is 5.25. The first-order valence-electron chi connectivity index (χ1n) is 8.96. The third kappa shape index (κ3) is 4.09. The molecule has 0 heterocycles. The van der Waals surface area contributed by atoms with Gasteiger partial charge in [-0.1, -0.05) is 83.8 Å². The lowest BCUT2D eigenvalue weighted by Gasteiger charge is -2.04. The lowest BCUT2D eigenvalue weighted by molar-refractivity contribution is 1.50. The van der Waals surface area contributed by atoms with Crippen molar-refractivity contribution in [2.24, 2.45) is 0 Å². The number of rotatable bonds is 0. The van der Waals surface area contributed by atoms with Gasteiger partial charge in [0, 0.05) is 22.3 Å². The minimum atomic E-state index is 0.981. The molecule has 0 aliphatic heterocycles. The molecule has 0 amide bonds. The fourth-order valence-corrected chi connectivity index (χ4v) is 2.99. The normalized spacial score (nSPS) is 9.81. The molecule has 0 heteroatoms. The molecule has 0 aliphatic carbocycles. The largest absolute Gasteiger partial charge is 0.0622 e. The van der Waals surface area contributed by atoms with Gasteiger partial charge in [0.05, 0.1) is 0 Å². The molecule has 4 aromatic rings. The molecular formula is C27H18. The Morgan fingerprint density at radius 2 is 1.11 bits per heavy atom. The zero-order valence-corrected chi connectivity index (χ0v) is 15.2. The van der Waals surface area contributed by atoms with E-state index in [0.717, 1.165) is 27.6 Å². The van der Waals surface area contributed by atoms with Gasteiger partial charge < -0.3 is 0 Å². The van der Waals surface area contributed by atoms with Crippen LogP contribution in [0.2, 0.25) is 0 Å². The monoisotopic (exact) mass is 342 g/mol. The van der Waals surface area contributed by atoms with E-state index in [9.17, 15) is 0 Å². The number of aryl methyl sites for hydroxylation is 1. The molecule has 27 heavy (non-hydrogen) atoms. The van der Waals surface area contributed by atoms with E-state index in [-0.39, 0.29) is 0 Å². The average Bonchev–Trinajstić information content (AvgIpc) is 2.71. The zero-order chi connectivity index (χ0) is 18.5. The van der Waals surface area contributed by atoms with Crippen molar-refractivity contribution >= 4 is 10.8 Å². The fourth-order valence-electron chi connectivity index (χ4n) is 2.99. The Hall–Kier alpha value is -3.74. The van der Waals surface area contributed by atoms with E-state index in [2.05, 4.69) is 60.9 Å². The highest BCUT2D eigenvalue weighted by Crippen LogP contribution is 2.22. The molecule has 0 atom stereocenters. The van der Waals surface area contributed by atoms with E-state index in [1.807, 2.05) is 60.7 Å². The number of benzene rings is 4. The molecule has 0 spiro atoms. The number of hydrogen-bond acceptors (Lipinski definition) is 0.